The van der Waals surface area contributed by atoms with E-state index in [4.69, 9.17) is 5.21 Å². The van der Waals surface area contributed by atoms with E-state index in [0.29, 0.717) is 17.0 Å². The van der Waals surface area contributed by atoms with Gasteiger partial charge in [0.25, 0.3) is 0 Å². The maximum Gasteiger partial charge on any atom is 0.152 e. The van der Waals surface area contributed by atoms with Crippen molar-refractivity contribution >= 4 is 6.21 Å². The highest BCUT2D eigenvalue weighted by Gasteiger charge is 2.23. The number of hydrogen-bond donors (Lipinski definition) is 2. The summed E-state index contributed by atoms with van der Waals surface area (Å²) in [6.07, 6.45) is 2.95. The zero-order chi connectivity index (χ0) is 17.4. The fourth-order valence-electron chi connectivity index (χ4n) is 2.71. The highest BCUT2D eigenvalue weighted by atomic mass is 19.1. The molecule has 2 heterocycles. The van der Waals surface area contributed by atoms with Crippen molar-refractivity contribution in [1.29, 1.82) is 0 Å². The van der Waals surface area contributed by atoms with Crippen LogP contribution in [0.2, 0.25) is 0 Å². The summed E-state index contributed by atoms with van der Waals surface area (Å²) in [6, 6.07) is 3.84. The number of oxime groups is 1. The van der Waals surface area contributed by atoms with E-state index >= 15 is 0 Å². The van der Waals surface area contributed by atoms with Crippen LogP contribution in [0.15, 0.2) is 29.6 Å². The summed E-state index contributed by atoms with van der Waals surface area (Å²) in [4.78, 5) is 0. The summed E-state index contributed by atoms with van der Waals surface area (Å²) in [5.41, 5.74) is 3.42. The molecule has 0 amide bonds. The molecule has 124 valence electrons. The molecule has 0 aliphatic heterocycles. The van der Waals surface area contributed by atoms with Crippen molar-refractivity contribution in [2.45, 2.75) is 13.8 Å². The van der Waals surface area contributed by atoms with Crippen molar-refractivity contribution < 1.29 is 14.7 Å². The fourth-order valence-corrected chi connectivity index (χ4v) is 2.71. The van der Waals surface area contributed by atoms with Crippen LogP contribution in [0, 0.1) is 19.7 Å². The Morgan fingerprint density at radius 2 is 2.00 bits per heavy atom. The Morgan fingerprint density at radius 3 is 2.58 bits per heavy atom. The Morgan fingerprint density at radius 1 is 1.25 bits per heavy atom. The minimum Gasteiger partial charge on any atom is -0.508 e. The van der Waals surface area contributed by atoms with Crippen LogP contribution < -0.4 is 0 Å². The van der Waals surface area contributed by atoms with Crippen molar-refractivity contribution in [2.24, 2.45) is 12.2 Å². The predicted molar refractivity (Wildman–Crippen MR) is 86.2 cm³/mol. The highest BCUT2D eigenvalue weighted by molar-refractivity contribution is 5.90. The smallest absolute Gasteiger partial charge is 0.152 e. The van der Waals surface area contributed by atoms with Gasteiger partial charge in [0, 0.05) is 18.7 Å². The first-order valence-corrected chi connectivity index (χ1v) is 7.19. The first-order chi connectivity index (χ1) is 11.4. The number of benzene rings is 1. The van der Waals surface area contributed by atoms with Gasteiger partial charge in [-0.3, -0.25) is 4.68 Å². The van der Waals surface area contributed by atoms with Crippen molar-refractivity contribution in [3.8, 4) is 22.8 Å². The third-order valence-electron chi connectivity index (χ3n) is 3.80. The summed E-state index contributed by atoms with van der Waals surface area (Å²) in [7, 11) is 1.77. The SMILES string of the molecule is Cc1cnn(C)c1-c1c(/C=N/O)c(C)nn1-c1ccc(O)cc1F. The first-order valence-electron chi connectivity index (χ1n) is 7.19. The molecule has 3 aromatic rings. The largest absolute Gasteiger partial charge is 0.508 e. The van der Waals surface area contributed by atoms with Gasteiger partial charge < -0.3 is 10.3 Å². The molecule has 7 nitrogen and oxygen atoms in total. The molecule has 8 heteroatoms. The lowest BCUT2D eigenvalue weighted by molar-refractivity contribution is 0.322. The Balaban J connectivity index is 2.37. The molecule has 0 bridgehead atoms. The first kappa shape index (κ1) is 15.7. The molecule has 3 rings (SSSR count). The molecule has 0 saturated heterocycles. The number of hydrogen-bond acceptors (Lipinski definition) is 5. The second-order valence-electron chi connectivity index (χ2n) is 5.44. The molecule has 0 saturated carbocycles. The van der Waals surface area contributed by atoms with E-state index in [-0.39, 0.29) is 11.4 Å². The topological polar surface area (TPSA) is 88.5 Å². The Kier molecular flexibility index (Phi) is 3.80. The second kappa shape index (κ2) is 5.80. The van der Waals surface area contributed by atoms with Crippen LogP contribution in [-0.2, 0) is 7.05 Å². The van der Waals surface area contributed by atoms with E-state index in [1.54, 1.807) is 24.9 Å². The molecule has 1 aromatic carbocycles. The quantitative estimate of drug-likeness (QED) is 0.439. The van der Waals surface area contributed by atoms with Gasteiger partial charge in [0.2, 0.25) is 0 Å². The maximum absolute atomic E-state index is 14.4. The van der Waals surface area contributed by atoms with Gasteiger partial charge in [-0.2, -0.15) is 10.2 Å². The minimum absolute atomic E-state index is 0.170. The number of rotatable bonds is 3. The molecule has 0 atom stereocenters. The third kappa shape index (κ3) is 2.41. The molecule has 0 spiro atoms. The van der Waals surface area contributed by atoms with Crippen LogP contribution in [0.3, 0.4) is 0 Å². The molecule has 0 radical (unpaired) electrons. The van der Waals surface area contributed by atoms with Gasteiger partial charge in [-0.15, -0.1) is 0 Å². The number of phenolic OH excluding ortho intramolecular Hbond substituents is 1. The Labute approximate surface area is 137 Å². The molecular weight excluding hydrogens is 313 g/mol. The van der Waals surface area contributed by atoms with Crippen LogP contribution in [0.4, 0.5) is 4.39 Å². The van der Waals surface area contributed by atoms with Gasteiger partial charge in [-0.05, 0) is 31.5 Å². The number of halogens is 1. The molecular formula is C16H16FN5O2. The zero-order valence-electron chi connectivity index (χ0n) is 13.4. The lowest BCUT2D eigenvalue weighted by Crippen LogP contribution is -2.06. The molecule has 0 unspecified atom stereocenters. The molecule has 0 fully saturated rings. The number of aromatic hydroxyl groups is 1. The van der Waals surface area contributed by atoms with Crippen LogP contribution in [-0.4, -0.2) is 36.1 Å². The van der Waals surface area contributed by atoms with Crippen LogP contribution in [0.5, 0.6) is 5.75 Å². The van der Waals surface area contributed by atoms with Gasteiger partial charge in [0.1, 0.15) is 17.1 Å². The van der Waals surface area contributed by atoms with E-state index in [2.05, 4.69) is 15.4 Å². The molecule has 2 aromatic heterocycles. The predicted octanol–water partition coefficient (Wildman–Crippen LogP) is 2.54. The van der Waals surface area contributed by atoms with Crippen molar-refractivity contribution in [2.75, 3.05) is 0 Å². The van der Waals surface area contributed by atoms with Crippen molar-refractivity contribution in [1.82, 2.24) is 19.6 Å². The fraction of sp³-hybridized carbons (Fsp3) is 0.188. The summed E-state index contributed by atoms with van der Waals surface area (Å²) in [6.45, 7) is 3.61. The number of aromatic nitrogens is 4. The number of nitrogens with zero attached hydrogens (tertiary/aromatic N) is 5. The molecule has 0 aliphatic rings. The zero-order valence-corrected chi connectivity index (χ0v) is 13.4. The average molecular weight is 329 g/mol. The van der Waals surface area contributed by atoms with Crippen LogP contribution >= 0.6 is 0 Å². The monoisotopic (exact) mass is 329 g/mol. The Hall–Kier alpha value is -3.16. The third-order valence-corrected chi connectivity index (χ3v) is 3.80. The van der Waals surface area contributed by atoms with Crippen molar-refractivity contribution in [3.63, 3.8) is 0 Å². The Bertz CT molecular complexity index is 923. The number of phenols is 1. The van der Waals surface area contributed by atoms with Crippen LogP contribution in [0.25, 0.3) is 17.1 Å². The van der Waals surface area contributed by atoms with Gasteiger partial charge >= 0.3 is 0 Å². The second-order valence-corrected chi connectivity index (χ2v) is 5.44. The average Bonchev–Trinajstić information content (AvgIpc) is 3.00. The summed E-state index contributed by atoms with van der Waals surface area (Å²) in [5, 5.41) is 30.1. The van der Waals surface area contributed by atoms with Gasteiger partial charge in [0.05, 0.1) is 23.8 Å². The summed E-state index contributed by atoms with van der Waals surface area (Å²) in [5.74, 6) is -0.790. The number of aryl methyl sites for hydroxylation is 3. The maximum atomic E-state index is 14.4. The standard InChI is InChI=1S/C16H16FN5O2/c1-9-7-18-21(3)15(9)16-12(8-19-24)10(2)20-22(16)14-5-4-11(23)6-13(14)17/h4-8,23-24H,1-3H3/b19-8+. The lowest BCUT2D eigenvalue weighted by atomic mass is 10.1. The summed E-state index contributed by atoms with van der Waals surface area (Å²) >= 11 is 0. The lowest BCUT2D eigenvalue weighted by Gasteiger charge is -2.11. The van der Waals surface area contributed by atoms with Gasteiger partial charge in [-0.1, -0.05) is 5.16 Å². The van der Waals surface area contributed by atoms with Crippen LogP contribution in [0.1, 0.15) is 16.8 Å². The van der Waals surface area contributed by atoms with E-state index in [1.807, 2.05) is 6.92 Å². The van der Waals surface area contributed by atoms with E-state index in [1.165, 1.54) is 23.0 Å². The van der Waals surface area contributed by atoms with E-state index in [9.17, 15) is 9.50 Å². The highest BCUT2D eigenvalue weighted by Crippen LogP contribution is 2.31. The van der Waals surface area contributed by atoms with Gasteiger partial charge in [0.15, 0.2) is 5.82 Å². The molecule has 2 N–H and O–H groups in total. The van der Waals surface area contributed by atoms with E-state index in [0.717, 1.165) is 17.3 Å². The normalized spacial score (nSPS) is 11.5. The summed E-state index contributed by atoms with van der Waals surface area (Å²) < 4.78 is 17.4. The van der Waals surface area contributed by atoms with Crippen molar-refractivity contribution in [3.05, 3.63) is 47.0 Å². The molecule has 24 heavy (non-hydrogen) atoms. The minimum atomic E-state index is -0.619. The van der Waals surface area contributed by atoms with E-state index < -0.39 is 5.82 Å². The van der Waals surface area contributed by atoms with Gasteiger partial charge in [-0.25, -0.2) is 9.07 Å². The molecule has 0 aliphatic carbocycles.